The average molecular weight is 248 g/mol. The van der Waals surface area contributed by atoms with Gasteiger partial charge in [0.15, 0.2) is 0 Å². The van der Waals surface area contributed by atoms with Crippen molar-refractivity contribution in [1.29, 1.82) is 0 Å². The molecule has 0 radical (unpaired) electrons. The van der Waals surface area contributed by atoms with Crippen LogP contribution in [0.5, 0.6) is 0 Å². The SMILES string of the molecule is COCc1cccc(CNC2CC(C)N(C)C2)c1. The zero-order chi connectivity index (χ0) is 13.0. The smallest absolute Gasteiger partial charge is 0.0713 e. The predicted molar refractivity (Wildman–Crippen MR) is 74.5 cm³/mol. The normalized spacial score (nSPS) is 24.6. The molecule has 3 heteroatoms. The van der Waals surface area contributed by atoms with E-state index in [4.69, 9.17) is 4.74 Å². The minimum atomic E-state index is 0.621. The number of nitrogens with zero attached hydrogens (tertiary/aromatic N) is 1. The fourth-order valence-electron chi connectivity index (χ4n) is 2.60. The Labute approximate surface area is 110 Å². The van der Waals surface area contributed by atoms with Gasteiger partial charge in [-0.15, -0.1) is 0 Å². The second-order valence-corrected chi connectivity index (χ2v) is 5.36. The molecular weight excluding hydrogens is 224 g/mol. The van der Waals surface area contributed by atoms with Crippen molar-refractivity contribution in [3.63, 3.8) is 0 Å². The van der Waals surface area contributed by atoms with Crippen molar-refractivity contribution in [2.75, 3.05) is 20.7 Å². The second kappa shape index (κ2) is 6.32. The number of methoxy groups -OCH3 is 1. The third kappa shape index (κ3) is 3.55. The molecule has 18 heavy (non-hydrogen) atoms. The Bertz CT molecular complexity index is 371. The molecule has 3 nitrogen and oxygen atoms in total. The molecular formula is C15H24N2O. The zero-order valence-corrected chi connectivity index (χ0v) is 11.6. The van der Waals surface area contributed by atoms with Crippen molar-refractivity contribution < 1.29 is 4.74 Å². The molecule has 1 fully saturated rings. The Morgan fingerprint density at radius 2 is 2.17 bits per heavy atom. The molecule has 1 aromatic carbocycles. The van der Waals surface area contributed by atoms with E-state index in [0.717, 1.165) is 13.1 Å². The summed E-state index contributed by atoms with van der Waals surface area (Å²) in [5, 5.41) is 3.65. The van der Waals surface area contributed by atoms with Gasteiger partial charge in [0.25, 0.3) is 0 Å². The van der Waals surface area contributed by atoms with Crippen LogP contribution >= 0.6 is 0 Å². The number of hydrogen-bond donors (Lipinski definition) is 1. The third-order valence-electron chi connectivity index (χ3n) is 3.78. The molecule has 1 heterocycles. The first-order valence-corrected chi connectivity index (χ1v) is 6.69. The van der Waals surface area contributed by atoms with Gasteiger partial charge in [-0.05, 0) is 31.5 Å². The number of ether oxygens (including phenoxy) is 1. The van der Waals surface area contributed by atoms with Crippen LogP contribution in [0.3, 0.4) is 0 Å². The Kier molecular flexibility index (Phi) is 4.75. The van der Waals surface area contributed by atoms with E-state index >= 15 is 0 Å². The number of rotatable bonds is 5. The fraction of sp³-hybridized carbons (Fsp3) is 0.600. The molecule has 2 atom stereocenters. The number of likely N-dealkylation sites (N-methyl/N-ethyl adjacent to an activating group) is 1. The van der Waals surface area contributed by atoms with Gasteiger partial charge >= 0.3 is 0 Å². The van der Waals surface area contributed by atoms with E-state index < -0.39 is 0 Å². The monoisotopic (exact) mass is 248 g/mol. The molecule has 1 aliphatic rings. The number of benzene rings is 1. The van der Waals surface area contributed by atoms with E-state index in [1.165, 1.54) is 17.5 Å². The first kappa shape index (κ1) is 13.5. The number of likely N-dealkylation sites (tertiary alicyclic amines) is 1. The molecule has 0 saturated carbocycles. The molecule has 0 bridgehead atoms. The maximum atomic E-state index is 5.16. The maximum absolute atomic E-state index is 5.16. The Hall–Kier alpha value is -0.900. The van der Waals surface area contributed by atoms with Gasteiger partial charge in [-0.3, -0.25) is 0 Å². The van der Waals surface area contributed by atoms with Gasteiger partial charge < -0.3 is 15.0 Å². The Balaban J connectivity index is 1.84. The molecule has 100 valence electrons. The molecule has 1 saturated heterocycles. The highest BCUT2D eigenvalue weighted by molar-refractivity contribution is 5.23. The lowest BCUT2D eigenvalue weighted by Crippen LogP contribution is -2.31. The van der Waals surface area contributed by atoms with Gasteiger partial charge in [0.1, 0.15) is 0 Å². The first-order chi connectivity index (χ1) is 8.69. The van der Waals surface area contributed by atoms with Gasteiger partial charge in [-0.2, -0.15) is 0 Å². The van der Waals surface area contributed by atoms with Gasteiger partial charge in [-0.25, -0.2) is 0 Å². The highest BCUT2D eigenvalue weighted by Crippen LogP contribution is 2.15. The van der Waals surface area contributed by atoms with Crippen LogP contribution in [0.2, 0.25) is 0 Å². The Morgan fingerprint density at radius 1 is 1.39 bits per heavy atom. The summed E-state index contributed by atoms with van der Waals surface area (Å²) in [6.07, 6.45) is 1.24. The van der Waals surface area contributed by atoms with Crippen LogP contribution < -0.4 is 5.32 Å². The molecule has 0 aromatic heterocycles. The van der Waals surface area contributed by atoms with Gasteiger partial charge in [0.05, 0.1) is 6.61 Å². The minimum absolute atomic E-state index is 0.621. The minimum Gasteiger partial charge on any atom is -0.380 e. The van der Waals surface area contributed by atoms with Crippen LogP contribution in [0, 0.1) is 0 Å². The summed E-state index contributed by atoms with van der Waals surface area (Å²) < 4.78 is 5.16. The molecule has 2 rings (SSSR count). The average Bonchev–Trinajstić information content (AvgIpc) is 2.67. The molecule has 0 aliphatic carbocycles. The largest absolute Gasteiger partial charge is 0.380 e. The van der Waals surface area contributed by atoms with Gasteiger partial charge in [-0.1, -0.05) is 24.3 Å². The summed E-state index contributed by atoms with van der Waals surface area (Å²) >= 11 is 0. The van der Waals surface area contributed by atoms with E-state index in [0.29, 0.717) is 18.7 Å². The molecule has 1 aromatic rings. The summed E-state index contributed by atoms with van der Waals surface area (Å²) in [4.78, 5) is 2.42. The molecule has 0 amide bonds. The predicted octanol–water partition coefficient (Wildman–Crippen LogP) is 2.02. The third-order valence-corrected chi connectivity index (χ3v) is 3.78. The molecule has 0 spiro atoms. The van der Waals surface area contributed by atoms with Crippen LogP contribution in [0.4, 0.5) is 0 Å². The van der Waals surface area contributed by atoms with E-state index in [2.05, 4.69) is 48.5 Å². The van der Waals surface area contributed by atoms with Crippen molar-refractivity contribution in [3.05, 3.63) is 35.4 Å². The summed E-state index contributed by atoms with van der Waals surface area (Å²) in [5.74, 6) is 0. The van der Waals surface area contributed by atoms with E-state index in [1.807, 2.05) is 0 Å². The highest BCUT2D eigenvalue weighted by atomic mass is 16.5. The Morgan fingerprint density at radius 3 is 2.83 bits per heavy atom. The molecule has 1 N–H and O–H groups in total. The van der Waals surface area contributed by atoms with Crippen molar-refractivity contribution in [3.8, 4) is 0 Å². The van der Waals surface area contributed by atoms with Crippen LogP contribution in [-0.4, -0.2) is 37.7 Å². The summed E-state index contributed by atoms with van der Waals surface area (Å²) in [5.41, 5.74) is 2.58. The summed E-state index contributed by atoms with van der Waals surface area (Å²) in [6, 6.07) is 9.93. The maximum Gasteiger partial charge on any atom is 0.0713 e. The first-order valence-electron chi connectivity index (χ1n) is 6.69. The second-order valence-electron chi connectivity index (χ2n) is 5.36. The van der Waals surface area contributed by atoms with Crippen molar-refractivity contribution in [2.24, 2.45) is 0 Å². The molecule has 1 aliphatic heterocycles. The highest BCUT2D eigenvalue weighted by Gasteiger charge is 2.25. The van der Waals surface area contributed by atoms with Crippen molar-refractivity contribution >= 4 is 0 Å². The van der Waals surface area contributed by atoms with Crippen molar-refractivity contribution in [1.82, 2.24) is 10.2 Å². The topological polar surface area (TPSA) is 24.5 Å². The lowest BCUT2D eigenvalue weighted by atomic mass is 10.1. The van der Waals surface area contributed by atoms with Crippen LogP contribution in [-0.2, 0) is 17.9 Å². The standard InChI is InChI=1S/C15H24N2O/c1-12-7-15(10-17(12)2)16-9-13-5-4-6-14(8-13)11-18-3/h4-6,8,12,15-16H,7,9-11H2,1-3H3. The van der Waals surface area contributed by atoms with Crippen LogP contribution in [0.1, 0.15) is 24.5 Å². The van der Waals surface area contributed by atoms with Gasteiger partial charge in [0, 0.05) is 32.3 Å². The summed E-state index contributed by atoms with van der Waals surface area (Å²) in [6.45, 7) is 5.08. The molecule has 2 unspecified atom stereocenters. The fourth-order valence-corrected chi connectivity index (χ4v) is 2.60. The van der Waals surface area contributed by atoms with E-state index in [1.54, 1.807) is 7.11 Å². The van der Waals surface area contributed by atoms with Gasteiger partial charge in [0.2, 0.25) is 0 Å². The lowest BCUT2D eigenvalue weighted by molar-refractivity contribution is 0.185. The number of nitrogens with one attached hydrogen (secondary N) is 1. The number of hydrogen-bond acceptors (Lipinski definition) is 3. The van der Waals surface area contributed by atoms with Crippen LogP contribution in [0.25, 0.3) is 0 Å². The summed E-state index contributed by atoms with van der Waals surface area (Å²) in [7, 11) is 3.94. The lowest BCUT2D eigenvalue weighted by Gasteiger charge is -2.13. The quantitative estimate of drug-likeness (QED) is 0.863. The van der Waals surface area contributed by atoms with E-state index in [-0.39, 0.29) is 0 Å². The zero-order valence-electron chi connectivity index (χ0n) is 11.6. The van der Waals surface area contributed by atoms with Crippen LogP contribution in [0.15, 0.2) is 24.3 Å². The van der Waals surface area contributed by atoms with Crippen molar-refractivity contribution in [2.45, 2.75) is 38.6 Å². The van der Waals surface area contributed by atoms with E-state index in [9.17, 15) is 0 Å².